The lowest BCUT2D eigenvalue weighted by Gasteiger charge is -2.28. The summed E-state index contributed by atoms with van der Waals surface area (Å²) in [6, 6.07) is 59.2. The van der Waals surface area contributed by atoms with E-state index in [1.54, 1.807) is 0 Å². The lowest BCUT2D eigenvalue weighted by molar-refractivity contribution is 1.13. The largest absolute Gasteiger partial charge is 0.310 e. The molecular formula is C45H37N. The van der Waals surface area contributed by atoms with Gasteiger partial charge in [-0.2, -0.15) is 0 Å². The summed E-state index contributed by atoms with van der Waals surface area (Å²) in [7, 11) is 0. The second kappa shape index (κ2) is 13.1. The van der Waals surface area contributed by atoms with Crippen LogP contribution in [0.1, 0.15) is 25.0 Å². The summed E-state index contributed by atoms with van der Waals surface area (Å²) in [5, 5.41) is 2.44. The van der Waals surface area contributed by atoms with Crippen LogP contribution < -0.4 is 4.90 Å². The van der Waals surface area contributed by atoms with Crippen molar-refractivity contribution in [3.05, 3.63) is 181 Å². The van der Waals surface area contributed by atoms with E-state index < -0.39 is 0 Å². The molecule has 1 heteroatoms. The normalized spacial score (nSPS) is 11.3. The molecule has 46 heavy (non-hydrogen) atoms. The third-order valence-corrected chi connectivity index (χ3v) is 8.79. The van der Waals surface area contributed by atoms with Gasteiger partial charge in [0.2, 0.25) is 0 Å². The number of hydrogen-bond acceptors (Lipinski definition) is 1. The highest BCUT2D eigenvalue weighted by Crippen LogP contribution is 2.44. The SMILES string of the molecule is C/C=C\c1c(CC)cccc1-c1ccc(N(c2ccc(-c3ccccc3)cc2)c2cccc3ccccc23)cc1-c1ccccc1. The Hall–Kier alpha value is -5.66. The van der Waals surface area contributed by atoms with Gasteiger partial charge in [-0.1, -0.05) is 153 Å². The first-order valence-corrected chi connectivity index (χ1v) is 16.1. The molecule has 0 aliphatic heterocycles. The third-order valence-electron chi connectivity index (χ3n) is 8.79. The van der Waals surface area contributed by atoms with E-state index in [1.165, 1.54) is 55.3 Å². The lowest BCUT2D eigenvalue weighted by Crippen LogP contribution is -2.11. The molecule has 7 aromatic rings. The van der Waals surface area contributed by atoms with Gasteiger partial charge in [0, 0.05) is 16.8 Å². The van der Waals surface area contributed by atoms with Crippen LogP contribution in [0.15, 0.2) is 170 Å². The standard InChI is InChI=1S/C45H37N/c1-3-15-40-33(4-2)21-13-24-42(40)43-31-30-39(32-44(43)37-18-9-6-10-19-37)46(45-25-14-22-36-20-11-12-23-41(36)45)38-28-26-35(27-29-38)34-16-7-5-8-17-34/h3,5-32H,4H2,1-2H3/b15-3-. The van der Waals surface area contributed by atoms with Crippen molar-refractivity contribution in [2.45, 2.75) is 20.3 Å². The molecule has 0 bridgehead atoms. The number of hydrogen-bond donors (Lipinski definition) is 0. The summed E-state index contributed by atoms with van der Waals surface area (Å²) >= 11 is 0. The maximum atomic E-state index is 2.41. The van der Waals surface area contributed by atoms with Crippen LogP contribution in [0.25, 0.3) is 50.2 Å². The fourth-order valence-electron chi connectivity index (χ4n) is 6.55. The van der Waals surface area contributed by atoms with Gasteiger partial charge in [-0.3, -0.25) is 0 Å². The van der Waals surface area contributed by atoms with Crippen LogP contribution in [0, 0.1) is 0 Å². The van der Waals surface area contributed by atoms with Crippen LogP contribution in [0.4, 0.5) is 17.1 Å². The van der Waals surface area contributed by atoms with Gasteiger partial charge in [0.25, 0.3) is 0 Å². The Bertz CT molecular complexity index is 2120. The van der Waals surface area contributed by atoms with Crippen LogP contribution >= 0.6 is 0 Å². The van der Waals surface area contributed by atoms with Gasteiger partial charge in [-0.05, 0) is 93.6 Å². The van der Waals surface area contributed by atoms with Crippen LogP contribution in [-0.4, -0.2) is 0 Å². The Kier molecular flexibility index (Phi) is 8.30. The molecule has 0 aliphatic rings. The summed E-state index contributed by atoms with van der Waals surface area (Å²) in [6.45, 7) is 4.33. The zero-order valence-corrected chi connectivity index (χ0v) is 26.4. The van der Waals surface area contributed by atoms with Crippen molar-refractivity contribution >= 4 is 33.9 Å². The number of aryl methyl sites for hydroxylation is 1. The van der Waals surface area contributed by atoms with E-state index in [0.717, 1.165) is 23.5 Å². The van der Waals surface area contributed by atoms with Crippen molar-refractivity contribution in [2.24, 2.45) is 0 Å². The van der Waals surface area contributed by atoms with Crippen LogP contribution in [0.3, 0.4) is 0 Å². The highest BCUT2D eigenvalue weighted by atomic mass is 15.1. The van der Waals surface area contributed by atoms with Crippen LogP contribution in [0.2, 0.25) is 0 Å². The first-order chi connectivity index (χ1) is 22.7. The molecular weight excluding hydrogens is 555 g/mol. The predicted molar refractivity (Wildman–Crippen MR) is 199 cm³/mol. The number of anilines is 3. The number of nitrogens with zero attached hydrogens (tertiary/aromatic N) is 1. The van der Waals surface area contributed by atoms with Crippen molar-refractivity contribution < 1.29 is 0 Å². The lowest BCUT2D eigenvalue weighted by atomic mass is 9.88. The molecule has 0 heterocycles. The zero-order valence-electron chi connectivity index (χ0n) is 26.4. The molecule has 7 aromatic carbocycles. The van der Waals surface area contributed by atoms with E-state index in [4.69, 9.17) is 0 Å². The fourth-order valence-corrected chi connectivity index (χ4v) is 6.55. The summed E-state index contributed by atoms with van der Waals surface area (Å²) in [5.41, 5.74) is 13.4. The monoisotopic (exact) mass is 591 g/mol. The average Bonchev–Trinajstić information content (AvgIpc) is 3.13. The number of rotatable bonds is 8. The number of allylic oxidation sites excluding steroid dienone is 1. The van der Waals surface area contributed by atoms with Gasteiger partial charge in [-0.25, -0.2) is 0 Å². The smallest absolute Gasteiger partial charge is 0.0540 e. The minimum Gasteiger partial charge on any atom is -0.310 e. The molecule has 0 aromatic heterocycles. The molecule has 0 atom stereocenters. The van der Waals surface area contributed by atoms with E-state index in [-0.39, 0.29) is 0 Å². The third kappa shape index (κ3) is 5.64. The highest BCUT2D eigenvalue weighted by molar-refractivity contribution is 6.00. The van der Waals surface area contributed by atoms with Gasteiger partial charge in [0.15, 0.2) is 0 Å². The molecule has 0 aliphatic carbocycles. The minimum absolute atomic E-state index is 0.986. The first kappa shape index (κ1) is 29.1. The van der Waals surface area contributed by atoms with Gasteiger partial charge >= 0.3 is 0 Å². The van der Waals surface area contributed by atoms with Crippen LogP contribution in [0.5, 0.6) is 0 Å². The molecule has 0 unspecified atom stereocenters. The Morgan fingerprint density at radius 1 is 0.500 bits per heavy atom. The Morgan fingerprint density at radius 2 is 1.13 bits per heavy atom. The fraction of sp³-hybridized carbons (Fsp3) is 0.0667. The molecule has 0 radical (unpaired) electrons. The molecule has 0 N–H and O–H groups in total. The van der Waals surface area contributed by atoms with Gasteiger partial charge < -0.3 is 4.90 Å². The molecule has 0 fully saturated rings. The summed E-state index contributed by atoms with van der Waals surface area (Å²) in [6.07, 6.45) is 5.39. The Labute approximate surface area is 272 Å². The molecule has 0 amide bonds. The molecule has 1 nitrogen and oxygen atoms in total. The Morgan fingerprint density at radius 3 is 1.87 bits per heavy atom. The number of fused-ring (bicyclic) bond motifs is 1. The highest BCUT2D eigenvalue weighted by Gasteiger charge is 2.19. The molecule has 0 saturated carbocycles. The van der Waals surface area contributed by atoms with Crippen molar-refractivity contribution in [3.8, 4) is 33.4 Å². The van der Waals surface area contributed by atoms with Crippen molar-refractivity contribution in [1.82, 2.24) is 0 Å². The summed E-state index contributed by atoms with van der Waals surface area (Å²) in [5.74, 6) is 0. The molecule has 0 spiro atoms. The van der Waals surface area contributed by atoms with Gasteiger partial charge in [-0.15, -0.1) is 0 Å². The van der Waals surface area contributed by atoms with Crippen LogP contribution in [-0.2, 0) is 6.42 Å². The molecule has 7 rings (SSSR count). The van der Waals surface area contributed by atoms with Crippen molar-refractivity contribution in [1.29, 1.82) is 0 Å². The predicted octanol–water partition coefficient (Wildman–Crippen LogP) is 12.9. The van der Waals surface area contributed by atoms with Crippen molar-refractivity contribution in [2.75, 3.05) is 4.90 Å². The average molecular weight is 592 g/mol. The molecule has 0 saturated heterocycles. The second-order valence-corrected chi connectivity index (χ2v) is 11.6. The first-order valence-electron chi connectivity index (χ1n) is 16.1. The van der Waals surface area contributed by atoms with E-state index in [1.807, 2.05) is 0 Å². The second-order valence-electron chi connectivity index (χ2n) is 11.6. The van der Waals surface area contributed by atoms with E-state index in [2.05, 4.69) is 195 Å². The quantitative estimate of drug-likeness (QED) is 0.170. The minimum atomic E-state index is 0.986. The topological polar surface area (TPSA) is 3.24 Å². The van der Waals surface area contributed by atoms with E-state index >= 15 is 0 Å². The summed E-state index contributed by atoms with van der Waals surface area (Å²) < 4.78 is 0. The number of benzene rings is 7. The maximum Gasteiger partial charge on any atom is 0.0540 e. The van der Waals surface area contributed by atoms with Gasteiger partial charge in [0.1, 0.15) is 0 Å². The maximum absolute atomic E-state index is 2.41. The van der Waals surface area contributed by atoms with Gasteiger partial charge in [0.05, 0.1) is 5.69 Å². The Balaban J connectivity index is 1.46. The molecule has 222 valence electrons. The zero-order chi connectivity index (χ0) is 31.3. The van der Waals surface area contributed by atoms with Crippen molar-refractivity contribution in [3.63, 3.8) is 0 Å². The van der Waals surface area contributed by atoms with E-state index in [0.29, 0.717) is 0 Å². The van der Waals surface area contributed by atoms with E-state index in [9.17, 15) is 0 Å². The summed E-state index contributed by atoms with van der Waals surface area (Å²) in [4.78, 5) is 2.41.